The van der Waals surface area contributed by atoms with Crippen molar-refractivity contribution in [3.63, 3.8) is 0 Å². The molecule has 0 bridgehead atoms. The van der Waals surface area contributed by atoms with Crippen LogP contribution in [0.1, 0.15) is 30.9 Å². The first-order chi connectivity index (χ1) is 9.78. The van der Waals surface area contributed by atoms with Gasteiger partial charge in [0.15, 0.2) is 0 Å². The summed E-state index contributed by atoms with van der Waals surface area (Å²) in [6, 6.07) is 8.38. The molecule has 0 saturated carbocycles. The molecule has 2 rings (SSSR count). The maximum absolute atomic E-state index is 8.70. The molecule has 1 aliphatic rings. The number of hydrogen-bond acceptors (Lipinski definition) is 3. The highest BCUT2D eigenvalue weighted by Gasteiger charge is 2.14. The second-order valence-corrected chi connectivity index (χ2v) is 5.24. The first-order valence-corrected chi connectivity index (χ1v) is 7.30. The number of benzene rings is 1. The Kier molecular flexibility index (Phi) is 6.07. The van der Waals surface area contributed by atoms with Gasteiger partial charge in [-0.25, -0.2) is 0 Å². The molecule has 0 amide bonds. The topological polar surface area (TPSA) is 32.7 Å². The van der Waals surface area contributed by atoms with E-state index in [0.29, 0.717) is 12.5 Å². The molecular weight excluding hydrogens is 250 g/mol. The van der Waals surface area contributed by atoms with Crippen LogP contribution in [-0.4, -0.2) is 42.4 Å². The molecule has 0 aliphatic carbocycles. The van der Waals surface area contributed by atoms with Crippen molar-refractivity contribution < 1.29 is 9.84 Å². The van der Waals surface area contributed by atoms with Gasteiger partial charge in [0, 0.05) is 38.2 Å². The van der Waals surface area contributed by atoms with Crippen LogP contribution < -0.4 is 0 Å². The molecule has 1 heterocycles. The molecule has 3 nitrogen and oxygen atoms in total. The summed E-state index contributed by atoms with van der Waals surface area (Å²) in [5.74, 6) is 5.99. The minimum absolute atomic E-state index is 0.125. The Morgan fingerprint density at radius 3 is 2.90 bits per heavy atom. The number of rotatable bonds is 3. The molecule has 1 aromatic carbocycles. The first-order valence-electron chi connectivity index (χ1n) is 7.30. The van der Waals surface area contributed by atoms with Gasteiger partial charge in [-0.05, 0) is 31.0 Å². The molecule has 108 valence electrons. The molecule has 1 unspecified atom stereocenters. The highest BCUT2D eigenvalue weighted by atomic mass is 16.5. The molecule has 1 aromatic rings. The number of aliphatic hydroxyl groups excluding tert-OH is 1. The Morgan fingerprint density at radius 2 is 2.15 bits per heavy atom. The van der Waals surface area contributed by atoms with Crippen molar-refractivity contribution in [2.24, 2.45) is 0 Å². The molecule has 3 heteroatoms. The third kappa shape index (κ3) is 4.97. The van der Waals surface area contributed by atoms with Crippen LogP contribution in [0.3, 0.4) is 0 Å². The molecule has 20 heavy (non-hydrogen) atoms. The lowest BCUT2D eigenvalue weighted by atomic mass is 10.1. The van der Waals surface area contributed by atoms with Crippen molar-refractivity contribution in [2.45, 2.75) is 32.4 Å². The van der Waals surface area contributed by atoms with Gasteiger partial charge < -0.3 is 9.84 Å². The zero-order chi connectivity index (χ0) is 14.2. The lowest BCUT2D eigenvalue weighted by Gasteiger charge is -2.21. The van der Waals surface area contributed by atoms with Gasteiger partial charge in [0.05, 0.1) is 12.7 Å². The minimum atomic E-state index is 0.125. The summed E-state index contributed by atoms with van der Waals surface area (Å²) in [5.41, 5.74) is 2.32. The maximum Gasteiger partial charge on any atom is 0.0674 e. The fourth-order valence-electron chi connectivity index (χ4n) is 2.40. The number of hydrogen-bond donors (Lipinski definition) is 1. The standard InChI is InChI=1S/C17H23NO2/c1-15-13-18(10-4-12-20-15)14-17-8-6-16(7-9-17)5-2-3-11-19/h6-9,15,19H,3-4,10-14H2,1H3. The predicted molar refractivity (Wildman–Crippen MR) is 80.3 cm³/mol. The van der Waals surface area contributed by atoms with Crippen LogP contribution >= 0.6 is 0 Å². The molecule has 0 spiro atoms. The van der Waals surface area contributed by atoms with Crippen LogP contribution in [0.5, 0.6) is 0 Å². The first kappa shape index (κ1) is 15.1. The Balaban J connectivity index is 1.91. The molecule has 0 aromatic heterocycles. The summed E-state index contributed by atoms with van der Waals surface area (Å²) in [4.78, 5) is 2.45. The monoisotopic (exact) mass is 273 g/mol. The smallest absolute Gasteiger partial charge is 0.0674 e. The predicted octanol–water partition coefficient (Wildman–Crippen LogP) is 2.03. The average molecular weight is 273 g/mol. The van der Waals surface area contributed by atoms with Crippen LogP contribution in [0.25, 0.3) is 0 Å². The summed E-state index contributed by atoms with van der Waals surface area (Å²) in [7, 11) is 0. The van der Waals surface area contributed by atoms with E-state index >= 15 is 0 Å². The van der Waals surface area contributed by atoms with Crippen molar-refractivity contribution in [1.29, 1.82) is 0 Å². The summed E-state index contributed by atoms with van der Waals surface area (Å²) in [6.07, 6.45) is 1.96. The van der Waals surface area contributed by atoms with E-state index < -0.39 is 0 Å². The fourth-order valence-corrected chi connectivity index (χ4v) is 2.40. The van der Waals surface area contributed by atoms with Crippen molar-refractivity contribution in [2.75, 3.05) is 26.3 Å². The summed E-state index contributed by atoms with van der Waals surface area (Å²) >= 11 is 0. The Morgan fingerprint density at radius 1 is 1.35 bits per heavy atom. The van der Waals surface area contributed by atoms with Crippen molar-refractivity contribution in [3.8, 4) is 11.8 Å². The molecule has 1 atom stereocenters. The normalized spacial score (nSPS) is 20.0. The quantitative estimate of drug-likeness (QED) is 0.855. The minimum Gasteiger partial charge on any atom is -0.395 e. The second kappa shape index (κ2) is 8.06. The van der Waals surface area contributed by atoms with E-state index in [1.54, 1.807) is 0 Å². The van der Waals surface area contributed by atoms with Crippen molar-refractivity contribution >= 4 is 0 Å². The van der Waals surface area contributed by atoms with E-state index in [9.17, 15) is 0 Å². The molecular formula is C17H23NO2. The van der Waals surface area contributed by atoms with Gasteiger partial charge in [-0.2, -0.15) is 0 Å². The molecule has 0 radical (unpaired) electrons. The van der Waals surface area contributed by atoms with E-state index in [2.05, 4.69) is 47.9 Å². The van der Waals surface area contributed by atoms with E-state index in [0.717, 1.165) is 38.2 Å². The zero-order valence-corrected chi connectivity index (χ0v) is 12.1. The van der Waals surface area contributed by atoms with E-state index in [4.69, 9.17) is 9.84 Å². The molecule has 1 aliphatic heterocycles. The SMILES string of the molecule is CC1CN(Cc2ccc(C#CCCO)cc2)CCCO1. The molecule has 1 saturated heterocycles. The lowest BCUT2D eigenvalue weighted by Crippen LogP contribution is -2.29. The van der Waals surface area contributed by atoms with Crippen LogP contribution in [0.15, 0.2) is 24.3 Å². The Bertz CT molecular complexity index is 458. The van der Waals surface area contributed by atoms with Gasteiger partial charge in [-0.15, -0.1) is 0 Å². The van der Waals surface area contributed by atoms with Gasteiger partial charge in [-0.3, -0.25) is 4.90 Å². The summed E-state index contributed by atoms with van der Waals surface area (Å²) in [5, 5.41) is 8.70. The molecule has 1 fully saturated rings. The van der Waals surface area contributed by atoms with Gasteiger partial charge in [0.1, 0.15) is 0 Å². The fraction of sp³-hybridized carbons (Fsp3) is 0.529. The highest BCUT2D eigenvalue weighted by Crippen LogP contribution is 2.11. The number of aliphatic hydroxyl groups is 1. The largest absolute Gasteiger partial charge is 0.395 e. The second-order valence-electron chi connectivity index (χ2n) is 5.24. The van der Waals surface area contributed by atoms with E-state index in [1.807, 2.05) is 0 Å². The zero-order valence-electron chi connectivity index (χ0n) is 12.1. The van der Waals surface area contributed by atoms with Crippen LogP contribution in [0, 0.1) is 11.8 Å². The molecule has 1 N–H and O–H groups in total. The third-order valence-electron chi connectivity index (χ3n) is 3.37. The van der Waals surface area contributed by atoms with Gasteiger partial charge >= 0.3 is 0 Å². The summed E-state index contributed by atoms with van der Waals surface area (Å²) < 4.78 is 5.66. The number of nitrogens with zero attached hydrogens (tertiary/aromatic N) is 1. The van der Waals surface area contributed by atoms with Gasteiger partial charge in [-0.1, -0.05) is 24.0 Å². The van der Waals surface area contributed by atoms with Gasteiger partial charge in [0.2, 0.25) is 0 Å². The van der Waals surface area contributed by atoms with Crippen LogP contribution in [-0.2, 0) is 11.3 Å². The Labute approximate surface area is 121 Å². The summed E-state index contributed by atoms with van der Waals surface area (Å²) in [6.45, 7) is 6.20. The van der Waals surface area contributed by atoms with Crippen molar-refractivity contribution in [1.82, 2.24) is 4.90 Å². The van der Waals surface area contributed by atoms with Crippen LogP contribution in [0.2, 0.25) is 0 Å². The van der Waals surface area contributed by atoms with Crippen LogP contribution in [0.4, 0.5) is 0 Å². The van der Waals surface area contributed by atoms with Crippen molar-refractivity contribution in [3.05, 3.63) is 35.4 Å². The highest BCUT2D eigenvalue weighted by molar-refractivity contribution is 5.36. The third-order valence-corrected chi connectivity index (χ3v) is 3.37. The average Bonchev–Trinajstić information content (AvgIpc) is 2.65. The van der Waals surface area contributed by atoms with E-state index in [-0.39, 0.29) is 6.61 Å². The Hall–Kier alpha value is -1.34. The van der Waals surface area contributed by atoms with Gasteiger partial charge in [0.25, 0.3) is 0 Å². The number of ether oxygens (including phenoxy) is 1. The van der Waals surface area contributed by atoms with E-state index in [1.165, 1.54) is 5.56 Å². The maximum atomic E-state index is 8.70. The lowest BCUT2D eigenvalue weighted by molar-refractivity contribution is 0.0668.